The molecule has 2 aliphatic carbocycles. The number of amides is 2. The van der Waals surface area contributed by atoms with Crippen LogP contribution in [0.2, 0.25) is 0 Å². The van der Waals surface area contributed by atoms with Crippen LogP contribution in [0.3, 0.4) is 0 Å². The molecule has 9 nitrogen and oxygen atoms in total. The third kappa shape index (κ3) is 5.14. The fourth-order valence-electron chi connectivity index (χ4n) is 7.01. The van der Waals surface area contributed by atoms with E-state index in [1.165, 1.54) is 0 Å². The number of fused-ring (bicyclic) bond motifs is 6. The van der Waals surface area contributed by atoms with Crippen molar-refractivity contribution in [3.63, 3.8) is 0 Å². The van der Waals surface area contributed by atoms with Crippen molar-refractivity contribution >= 4 is 18.0 Å². The highest BCUT2D eigenvalue weighted by molar-refractivity contribution is 5.91. The van der Waals surface area contributed by atoms with Crippen LogP contribution >= 0.6 is 0 Å². The fourth-order valence-corrected chi connectivity index (χ4v) is 7.01. The van der Waals surface area contributed by atoms with Crippen molar-refractivity contribution in [3.8, 4) is 0 Å². The van der Waals surface area contributed by atoms with E-state index in [1.807, 2.05) is 0 Å². The largest absolute Gasteiger partial charge is 0.455 e. The molecule has 0 spiro atoms. The molecule has 216 valence electrons. The molecule has 0 aromatic heterocycles. The zero-order valence-corrected chi connectivity index (χ0v) is 23.5. The molecule has 0 saturated carbocycles. The maximum absolute atomic E-state index is 12.8. The number of urea groups is 1. The lowest BCUT2D eigenvalue weighted by Gasteiger charge is -2.21. The van der Waals surface area contributed by atoms with E-state index in [0.717, 1.165) is 62.5 Å². The van der Waals surface area contributed by atoms with Crippen molar-refractivity contribution in [3.05, 3.63) is 47.6 Å². The summed E-state index contributed by atoms with van der Waals surface area (Å²) >= 11 is 0. The van der Waals surface area contributed by atoms with Crippen molar-refractivity contribution in [1.82, 2.24) is 10.6 Å². The van der Waals surface area contributed by atoms with E-state index < -0.39 is 0 Å². The highest BCUT2D eigenvalue weighted by Gasteiger charge is 2.62. The molecule has 0 bridgehead atoms. The van der Waals surface area contributed by atoms with E-state index in [0.29, 0.717) is 24.2 Å². The Labute approximate surface area is 235 Å². The molecule has 9 heteroatoms. The molecule has 2 amide bonds. The van der Waals surface area contributed by atoms with Crippen LogP contribution in [0.15, 0.2) is 47.6 Å². The van der Waals surface area contributed by atoms with Gasteiger partial charge in [0, 0.05) is 36.1 Å². The molecule has 0 unspecified atom stereocenters. The number of ether oxygens (including phenoxy) is 4. The Bertz CT molecular complexity index is 1120. The predicted molar refractivity (Wildman–Crippen MR) is 146 cm³/mol. The van der Waals surface area contributed by atoms with Gasteiger partial charge in [-0.05, 0) is 65.2 Å². The molecule has 4 saturated heterocycles. The zero-order valence-electron chi connectivity index (χ0n) is 23.5. The molecule has 8 atom stereocenters. The molecule has 4 heterocycles. The van der Waals surface area contributed by atoms with Crippen molar-refractivity contribution in [2.45, 2.75) is 101 Å². The van der Waals surface area contributed by atoms with Gasteiger partial charge in [-0.25, -0.2) is 14.4 Å². The van der Waals surface area contributed by atoms with Crippen molar-refractivity contribution in [1.29, 1.82) is 0 Å². The van der Waals surface area contributed by atoms with Gasteiger partial charge >= 0.3 is 18.0 Å². The van der Waals surface area contributed by atoms with E-state index >= 15 is 0 Å². The topological polar surface area (TPSA) is 119 Å². The molecule has 0 aromatic carbocycles. The smallest absolute Gasteiger partial charge is 0.334 e. The van der Waals surface area contributed by atoms with Crippen LogP contribution in [-0.2, 0) is 28.5 Å². The number of esters is 2. The molecule has 2 N–H and O–H groups in total. The molecule has 6 rings (SSSR count). The van der Waals surface area contributed by atoms with Gasteiger partial charge in [-0.3, -0.25) is 0 Å². The van der Waals surface area contributed by atoms with Crippen molar-refractivity contribution in [2.24, 2.45) is 11.8 Å². The van der Waals surface area contributed by atoms with Crippen LogP contribution in [0, 0.1) is 11.8 Å². The maximum atomic E-state index is 12.8. The summed E-state index contributed by atoms with van der Waals surface area (Å²) in [6.07, 6.45) is 10.0. The number of carbonyl (C=O) groups excluding carboxylic acids is 3. The minimum atomic E-state index is -0.324. The Morgan fingerprint density at radius 2 is 1.25 bits per heavy atom. The second kappa shape index (κ2) is 10.2. The van der Waals surface area contributed by atoms with Gasteiger partial charge < -0.3 is 29.6 Å². The average Bonchev–Trinajstić information content (AvgIpc) is 3.73. The molecule has 40 heavy (non-hydrogen) atoms. The summed E-state index contributed by atoms with van der Waals surface area (Å²) in [5.41, 5.74) is 2.74. The Balaban J connectivity index is 1.02. The second-order valence-electron chi connectivity index (χ2n) is 12.6. The highest BCUT2D eigenvalue weighted by atomic mass is 16.7. The summed E-state index contributed by atoms with van der Waals surface area (Å²) in [5, 5.41) is 6.02. The zero-order chi connectivity index (χ0) is 28.2. The molecule has 0 radical (unpaired) electrons. The lowest BCUT2D eigenvalue weighted by molar-refractivity contribution is -0.140. The van der Waals surface area contributed by atoms with Crippen LogP contribution in [-0.4, -0.2) is 66.7 Å². The monoisotopic (exact) mass is 552 g/mol. The Morgan fingerprint density at radius 1 is 0.825 bits per heavy atom. The normalized spacial score (nSPS) is 43.2. The molecule has 0 aromatic rings. The van der Waals surface area contributed by atoms with Gasteiger partial charge in [0.2, 0.25) is 0 Å². The summed E-state index contributed by atoms with van der Waals surface area (Å²) in [5.74, 6) is -0.779. The van der Waals surface area contributed by atoms with E-state index in [2.05, 4.69) is 49.8 Å². The lowest BCUT2D eigenvalue weighted by atomic mass is 9.84. The Kier molecular flexibility index (Phi) is 6.94. The average molecular weight is 553 g/mol. The SMILES string of the molecule is C=C1C(=O)O[C@H]2[C@H]1CC/C(CNC(=O)NC/C1=C/CC[C@@]3(C)O[C@H]3[C@H]3OC(=O)C(=C)[C@@H]3CC1)=C\CC[C@@]1(C)O[C@@H]21. The quantitative estimate of drug-likeness (QED) is 0.236. The molecule has 4 aliphatic heterocycles. The summed E-state index contributed by atoms with van der Waals surface area (Å²) in [6, 6.07) is -0.227. The maximum Gasteiger partial charge on any atom is 0.334 e. The summed E-state index contributed by atoms with van der Waals surface area (Å²) in [6.45, 7) is 13.0. The first-order chi connectivity index (χ1) is 19.1. The lowest BCUT2D eigenvalue weighted by Crippen LogP contribution is -2.38. The standard InChI is InChI=1S/C31H40N2O7/c1-17-21-11-9-19(7-5-13-30(3)25(39-30)23(21)37-27(17)34)15-32-29(36)33-16-20-8-6-14-31(4)26(40-31)24-22(12-10-20)18(2)28(35)38-24/h7-8,21-26H,1-2,5-6,9-16H2,3-4H3,(H2,32,33,36)/b19-7+,20-8+/t21-,22-,23-,24-,25-,26-,30+,31+/m0/s1. The van der Waals surface area contributed by atoms with E-state index in [9.17, 15) is 14.4 Å². The van der Waals surface area contributed by atoms with E-state index in [4.69, 9.17) is 18.9 Å². The molecule has 4 fully saturated rings. The van der Waals surface area contributed by atoms with E-state index in [1.54, 1.807) is 0 Å². The minimum Gasteiger partial charge on any atom is -0.455 e. The van der Waals surface area contributed by atoms with Gasteiger partial charge in [0.1, 0.15) is 24.4 Å². The number of nitrogens with one attached hydrogen (secondary N) is 2. The molecule has 6 aliphatic rings. The van der Waals surface area contributed by atoms with Crippen molar-refractivity contribution in [2.75, 3.05) is 13.1 Å². The second-order valence-corrected chi connectivity index (χ2v) is 12.6. The number of carbonyl (C=O) groups is 3. The van der Waals surface area contributed by atoms with Crippen LogP contribution in [0.25, 0.3) is 0 Å². The Morgan fingerprint density at radius 3 is 1.68 bits per heavy atom. The van der Waals surface area contributed by atoms with Gasteiger partial charge in [-0.1, -0.05) is 36.5 Å². The Hall–Kier alpha value is -2.91. The summed E-state index contributed by atoms with van der Waals surface area (Å²) in [4.78, 5) is 37.2. The molecular weight excluding hydrogens is 512 g/mol. The van der Waals surface area contributed by atoms with Gasteiger partial charge in [-0.2, -0.15) is 0 Å². The first-order valence-corrected chi connectivity index (χ1v) is 14.6. The van der Waals surface area contributed by atoms with Crippen LogP contribution < -0.4 is 10.6 Å². The first kappa shape index (κ1) is 27.3. The highest BCUT2D eigenvalue weighted by Crippen LogP contribution is 2.51. The van der Waals surface area contributed by atoms with Gasteiger partial charge in [-0.15, -0.1) is 0 Å². The summed E-state index contributed by atoms with van der Waals surface area (Å²) < 4.78 is 23.2. The third-order valence-electron chi connectivity index (χ3n) is 9.83. The van der Waals surface area contributed by atoms with E-state index in [-0.39, 0.29) is 65.4 Å². The summed E-state index contributed by atoms with van der Waals surface area (Å²) in [7, 11) is 0. The minimum absolute atomic E-state index is 0.0657. The van der Waals surface area contributed by atoms with Crippen LogP contribution in [0.4, 0.5) is 4.79 Å². The van der Waals surface area contributed by atoms with Gasteiger partial charge in [0.25, 0.3) is 0 Å². The fraction of sp³-hybridized carbons (Fsp3) is 0.645. The van der Waals surface area contributed by atoms with Crippen molar-refractivity contribution < 1.29 is 33.3 Å². The van der Waals surface area contributed by atoms with Gasteiger partial charge in [0.15, 0.2) is 0 Å². The first-order valence-electron chi connectivity index (χ1n) is 14.6. The van der Waals surface area contributed by atoms with Crippen LogP contribution in [0.1, 0.15) is 65.2 Å². The third-order valence-corrected chi connectivity index (χ3v) is 9.83. The molecular formula is C31H40N2O7. The van der Waals surface area contributed by atoms with Crippen LogP contribution in [0.5, 0.6) is 0 Å². The number of rotatable bonds is 4. The number of epoxide rings is 2. The predicted octanol–water partition coefficient (Wildman–Crippen LogP) is 3.80. The van der Waals surface area contributed by atoms with Gasteiger partial charge in [0.05, 0.1) is 11.2 Å². The number of hydrogen-bond acceptors (Lipinski definition) is 7. The number of allylic oxidation sites excluding steroid dienone is 2. The number of hydrogen-bond donors (Lipinski definition) is 2.